The number of aromatic nitrogens is 1. The third kappa shape index (κ3) is 2.88. The fraction of sp³-hybridized carbons (Fsp3) is 0.545. The Bertz CT molecular complexity index is 581. The lowest BCUT2D eigenvalue weighted by molar-refractivity contribution is -0.182. The molecule has 1 saturated heterocycles. The summed E-state index contributed by atoms with van der Waals surface area (Å²) in [7, 11) is -3.93. The lowest BCUT2D eigenvalue weighted by Gasteiger charge is -2.31. The van der Waals surface area contributed by atoms with E-state index in [1.165, 1.54) is 18.3 Å². The van der Waals surface area contributed by atoms with Crippen LogP contribution in [0.15, 0.2) is 23.4 Å². The molecule has 1 aliphatic rings. The lowest BCUT2D eigenvalue weighted by atomic mass is 9.98. The lowest BCUT2D eigenvalue weighted by Crippen LogP contribution is -2.42. The Labute approximate surface area is 114 Å². The predicted molar refractivity (Wildman–Crippen MR) is 66.2 cm³/mol. The molecule has 1 aromatic rings. The van der Waals surface area contributed by atoms with Crippen LogP contribution in [-0.2, 0) is 10.0 Å². The Morgan fingerprint density at radius 3 is 2.40 bits per heavy atom. The Balaban J connectivity index is 2.16. The summed E-state index contributed by atoms with van der Waals surface area (Å²) in [6.07, 6.45) is -3.48. The van der Waals surface area contributed by atoms with E-state index in [-0.39, 0.29) is 36.6 Å². The van der Waals surface area contributed by atoms with Gasteiger partial charge in [-0.3, -0.25) is 0 Å². The maximum atomic E-state index is 12.6. The molecule has 2 heterocycles. The minimum absolute atomic E-state index is 0.00885. The molecular formula is C11H14F3N3O2S. The van der Waals surface area contributed by atoms with Crippen LogP contribution in [0.4, 0.5) is 18.9 Å². The molecule has 2 rings (SSSR count). The van der Waals surface area contributed by atoms with Crippen LogP contribution >= 0.6 is 0 Å². The molecule has 1 aliphatic heterocycles. The van der Waals surface area contributed by atoms with E-state index in [1.807, 2.05) is 0 Å². The molecule has 112 valence electrons. The first-order valence-corrected chi connectivity index (χ1v) is 7.44. The molecule has 0 radical (unpaired) electrons. The third-order valence-corrected chi connectivity index (χ3v) is 5.18. The van der Waals surface area contributed by atoms with Crippen molar-refractivity contribution >= 4 is 15.7 Å². The molecule has 0 spiro atoms. The van der Waals surface area contributed by atoms with Gasteiger partial charge < -0.3 is 5.73 Å². The molecule has 1 aromatic heterocycles. The highest BCUT2D eigenvalue weighted by atomic mass is 32.2. The van der Waals surface area contributed by atoms with E-state index in [9.17, 15) is 21.6 Å². The van der Waals surface area contributed by atoms with E-state index in [4.69, 9.17) is 5.73 Å². The predicted octanol–water partition coefficient (Wildman–Crippen LogP) is 1.63. The van der Waals surface area contributed by atoms with Gasteiger partial charge in [-0.2, -0.15) is 17.5 Å². The number of nitrogen functional groups attached to an aromatic ring is 1. The van der Waals surface area contributed by atoms with Crippen LogP contribution in [0.1, 0.15) is 12.8 Å². The largest absolute Gasteiger partial charge is 0.396 e. The van der Waals surface area contributed by atoms with Crippen molar-refractivity contribution < 1.29 is 21.6 Å². The number of pyridine rings is 1. The second-order valence-electron chi connectivity index (χ2n) is 4.62. The third-order valence-electron chi connectivity index (χ3n) is 3.30. The number of nitrogens with zero attached hydrogens (tertiary/aromatic N) is 2. The van der Waals surface area contributed by atoms with Crippen LogP contribution in [0.2, 0.25) is 0 Å². The van der Waals surface area contributed by atoms with Crippen molar-refractivity contribution in [3.05, 3.63) is 18.3 Å². The van der Waals surface area contributed by atoms with Crippen molar-refractivity contribution in [3.8, 4) is 0 Å². The molecule has 0 bridgehead atoms. The highest BCUT2D eigenvalue weighted by Crippen LogP contribution is 2.35. The summed E-state index contributed by atoms with van der Waals surface area (Å²) in [4.78, 5) is 3.72. The van der Waals surface area contributed by atoms with Crippen LogP contribution < -0.4 is 5.73 Å². The summed E-state index contributed by atoms with van der Waals surface area (Å²) in [5, 5.41) is -0.301. The topological polar surface area (TPSA) is 76.3 Å². The standard InChI is InChI=1S/C11H14F3N3O2S/c12-11(13,14)8-3-6-17(7-4-8)20(18,19)10-9(15)2-1-5-16-10/h1-2,5,8H,3-4,6-7,15H2. The minimum atomic E-state index is -4.28. The van der Waals surface area contributed by atoms with Gasteiger partial charge in [0.05, 0.1) is 11.6 Å². The van der Waals surface area contributed by atoms with E-state index >= 15 is 0 Å². The molecule has 1 fully saturated rings. The van der Waals surface area contributed by atoms with Gasteiger partial charge in [0.1, 0.15) is 0 Å². The van der Waals surface area contributed by atoms with Gasteiger partial charge in [0.25, 0.3) is 10.0 Å². The first kappa shape index (κ1) is 15.0. The second kappa shape index (κ2) is 5.21. The number of sulfonamides is 1. The zero-order valence-electron chi connectivity index (χ0n) is 10.5. The van der Waals surface area contributed by atoms with Crippen molar-refractivity contribution in [2.45, 2.75) is 24.0 Å². The van der Waals surface area contributed by atoms with Gasteiger partial charge in [0.2, 0.25) is 0 Å². The average molecular weight is 309 g/mol. The molecule has 0 aromatic carbocycles. The van der Waals surface area contributed by atoms with Crippen molar-refractivity contribution in [2.24, 2.45) is 5.92 Å². The quantitative estimate of drug-likeness (QED) is 0.901. The van der Waals surface area contributed by atoms with Crippen molar-refractivity contribution in [2.75, 3.05) is 18.8 Å². The van der Waals surface area contributed by atoms with Gasteiger partial charge in [0, 0.05) is 19.3 Å². The molecule has 5 nitrogen and oxygen atoms in total. The maximum absolute atomic E-state index is 12.6. The van der Waals surface area contributed by atoms with Gasteiger partial charge in [-0.05, 0) is 25.0 Å². The Morgan fingerprint density at radius 1 is 1.30 bits per heavy atom. The molecule has 20 heavy (non-hydrogen) atoms. The van der Waals surface area contributed by atoms with Crippen molar-refractivity contribution in [1.29, 1.82) is 0 Å². The van der Waals surface area contributed by atoms with E-state index < -0.39 is 22.1 Å². The average Bonchev–Trinajstić information content (AvgIpc) is 2.38. The number of anilines is 1. The van der Waals surface area contributed by atoms with Gasteiger partial charge in [-0.15, -0.1) is 0 Å². The number of halogens is 3. The van der Waals surface area contributed by atoms with E-state index in [0.717, 1.165) is 4.31 Å². The van der Waals surface area contributed by atoms with E-state index in [0.29, 0.717) is 0 Å². The number of alkyl halides is 3. The molecule has 2 N–H and O–H groups in total. The Hall–Kier alpha value is -1.35. The number of hydrogen-bond acceptors (Lipinski definition) is 4. The van der Waals surface area contributed by atoms with Crippen LogP contribution in [0.3, 0.4) is 0 Å². The fourth-order valence-corrected chi connectivity index (χ4v) is 3.66. The van der Waals surface area contributed by atoms with Crippen LogP contribution in [0.5, 0.6) is 0 Å². The molecular weight excluding hydrogens is 295 g/mol. The van der Waals surface area contributed by atoms with Crippen LogP contribution in [0, 0.1) is 5.92 Å². The second-order valence-corrected chi connectivity index (χ2v) is 6.47. The van der Waals surface area contributed by atoms with Gasteiger partial charge in [-0.1, -0.05) is 0 Å². The number of piperidine rings is 1. The number of nitrogens with two attached hydrogens (primary N) is 1. The first-order valence-electron chi connectivity index (χ1n) is 6.00. The molecule has 9 heteroatoms. The monoisotopic (exact) mass is 309 g/mol. The maximum Gasteiger partial charge on any atom is 0.391 e. The zero-order chi connectivity index (χ0) is 15.0. The van der Waals surface area contributed by atoms with E-state index in [2.05, 4.69) is 4.98 Å². The molecule has 0 atom stereocenters. The molecule has 0 saturated carbocycles. The minimum Gasteiger partial charge on any atom is -0.396 e. The molecule has 0 amide bonds. The summed E-state index contributed by atoms with van der Waals surface area (Å²) in [6.45, 7) is -0.356. The Kier molecular flexibility index (Phi) is 3.92. The van der Waals surface area contributed by atoms with Gasteiger partial charge in [0.15, 0.2) is 5.03 Å². The van der Waals surface area contributed by atoms with Crippen molar-refractivity contribution in [1.82, 2.24) is 9.29 Å². The smallest absolute Gasteiger partial charge is 0.391 e. The SMILES string of the molecule is Nc1cccnc1S(=O)(=O)N1CCC(C(F)(F)F)CC1. The number of hydrogen-bond donors (Lipinski definition) is 1. The zero-order valence-corrected chi connectivity index (χ0v) is 11.3. The molecule has 0 aliphatic carbocycles. The van der Waals surface area contributed by atoms with Crippen LogP contribution in [-0.4, -0.2) is 37.0 Å². The highest BCUT2D eigenvalue weighted by Gasteiger charge is 2.43. The molecule has 0 unspecified atom stereocenters. The summed E-state index contributed by atoms with van der Waals surface area (Å²) >= 11 is 0. The van der Waals surface area contributed by atoms with Crippen molar-refractivity contribution in [3.63, 3.8) is 0 Å². The summed E-state index contributed by atoms with van der Waals surface area (Å²) in [5.74, 6) is -1.45. The normalized spacial score (nSPS) is 19.1. The van der Waals surface area contributed by atoms with Gasteiger partial charge in [-0.25, -0.2) is 13.4 Å². The first-order chi connectivity index (χ1) is 9.23. The summed E-state index contributed by atoms with van der Waals surface area (Å²) < 4.78 is 63.2. The van der Waals surface area contributed by atoms with E-state index in [1.54, 1.807) is 0 Å². The summed E-state index contributed by atoms with van der Waals surface area (Å²) in [5.41, 5.74) is 5.55. The summed E-state index contributed by atoms with van der Waals surface area (Å²) in [6, 6.07) is 2.88. The van der Waals surface area contributed by atoms with Crippen LogP contribution in [0.25, 0.3) is 0 Å². The van der Waals surface area contributed by atoms with Gasteiger partial charge >= 0.3 is 6.18 Å². The number of rotatable bonds is 2. The highest BCUT2D eigenvalue weighted by molar-refractivity contribution is 7.89. The Morgan fingerprint density at radius 2 is 1.90 bits per heavy atom. The fourth-order valence-electron chi connectivity index (χ4n) is 2.16.